The van der Waals surface area contributed by atoms with Crippen molar-refractivity contribution in [3.05, 3.63) is 64.6 Å². The van der Waals surface area contributed by atoms with E-state index in [4.69, 9.17) is 9.47 Å². The van der Waals surface area contributed by atoms with Crippen LogP contribution in [0, 0.1) is 5.82 Å². The molecule has 246 valence electrons. The molecule has 3 aliphatic rings. The highest BCUT2D eigenvalue weighted by Crippen LogP contribution is 2.45. The zero-order valence-electron chi connectivity index (χ0n) is 27.0. The topological polar surface area (TPSA) is 118 Å². The van der Waals surface area contributed by atoms with Gasteiger partial charge in [0.1, 0.15) is 29.6 Å². The Bertz CT molecular complexity index is 1650. The third kappa shape index (κ3) is 7.47. The molecule has 0 radical (unpaired) electrons. The third-order valence-corrected chi connectivity index (χ3v) is 10.0. The van der Waals surface area contributed by atoms with Crippen molar-refractivity contribution in [2.45, 2.75) is 71.0 Å². The molecular formula is C34H41FN3O6PS. The number of H-pyrrole nitrogens is 1. The minimum absolute atomic E-state index is 0.00414. The Morgan fingerprint density at radius 2 is 1.93 bits per heavy atom. The van der Waals surface area contributed by atoms with Crippen molar-refractivity contribution in [1.82, 2.24) is 15.2 Å². The van der Waals surface area contributed by atoms with E-state index in [2.05, 4.69) is 22.4 Å². The van der Waals surface area contributed by atoms with Crippen LogP contribution in [-0.4, -0.2) is 69.7 Å². The summed E-state index contributed by atoms with van der Waals surface area (Å²) in [6.07, 6.45) is 2.39. The predicted molar refractivity (Wildman–Crippen MR) is 182 cm³/mol. The van der Waals surface area contributed by atoms with Crippen LogP contribution < -0.4 is 10.1 Å². The maximum atomic E-state index is 13.5. The van der Waals surface area contributed by atoms with Crippen molar-refractivity contribution in [1.29, 1.82) is 0 Å². The van der Waals surface area contributed by atoms with Gasteiger partial charge in [-0.3, -0.25) is 24.1 Å². The molecule has 1 aliphatic carbocycles. The molecule has 46 heavy (non-hydrogen) atoms. The second-order valence-electron chi connectivity index (χ2n) is 11.7. The van der Waals surface area contributed by atoms with Crippen molar-refractivity contribution in [3.8, 4) is 17.0 Å². The van der Waals surface area contributed by atoms with Gasteiger partial charge in [-0.05, 0) is 81.0 Å². The maximum absolute atomic E-state index is 13.5. The summed E-state index contributed by atoms with van der Waals surface area (Å²) in [7, 11) is -0.00414. The Kier molecular flexibility index (Phi) is 11.7. The minimum Gasteiger partial charge on any atom is -0.494 e. The number of ether oxygens (including phenoxy) is 2. The Labute approximate surface area is 274 Å². The van der Waals surface area contributed by atoms with Crippen LogP contribution in [0.3, 0.4) is 0 Å². The molecule has 2 amide bonds. The summed E-state index contributed by atoms with van der Waals surface area (Å²) in [5, 5.41) is 3.01. The first-order valence-electron chi connectivity index (χ1n) is 15.4. The molecule has 3 aromatic rings. The van der Waals surface area contributed by atoms with Crippen LogP contribution in [0.1, 0.15) is 52.7 Å². The fourth-order valence-corrected chi connectivity index (χ4v) is 8.12. The SMILES string of the molecule is CC.CC(C)(C)PC(=O)C1=C(COC=O)CSC2C(NC=O)C(=O)N12.CCOc1ccc2c(c1)CCc1c-2[nH]c2ccc(F)cc12. The van der Waals surface area contributed by atoms with E-state index in [1.54, 1.807) is 6.07 Å². The first-order chi connectivity index (χ1) is 22.1. The molecule has 2 N–H and O–H groups in total. The van der Waals surface area contributed by atoms with E-state index in [9.17, 15) is 23.6 Å². The predicted octanol–water partition coefficient (Wildman–Crippen LogP) is 5.94. The van der Waals surface area contributed by atoms with Gasteiger partial charge in [0.2, 0.25) is 6.41 Å². The molecule has 0 spiro atoms. The van der Waals surface area contributed by atoms with E-state index >= 15 is 0 Å². The number of halogens is 1. The lowest BCUT2D eigenvalue weighted by Crippen LogP contribution is -2.69. The molecule has 9 nitrogen and oxygen atoms in total. The second-order valence-corrected chi connectivity index (χ2v) is 15.0. The van der Waals surface area contributed by atoms with Crippen LogP contribution in [0.25, 0.3) is 22.2 Å². The van der Waals surface area contributed by atoms with Crippen LogP contribution >= 0.6 is 20.3 Å². The van der Waals surface area contributed by atoms with E-state index in [1.165, 1.54) is 39.4 Å². The van der Waals surface area contributed by atoms with Gasteiger partial charge in [0.05, 0.1) is 12.3 Å². The van der Waals surface area contributed by atoms with Crippen molar-refractivity contribution in [2.24, 2.45) is 0 Å². The highest BCUT2D eigenvalue weighted by atomic mass is 32.2. The number of hydrogen-bond donors (Lipinski definition) is 2. The van der Waals surface area contributed by atoms with Gasteiger partial charge in [-0.1, -0.05) is 34.6 Å². The van der Waals surface area contributed by atoms with E-state index in [1.807, 2.05) is 53.7 Å². The molecule has 1 saturated heterocycles. The Balaban J connectivity index is 0.000000199. The summed E-state index contributed by atoms with van der Waals surface area (Å²) in [5.74, 6) is 0.915. The maximum Gasteiger partial charge on any atom is 0.293 e. The van der Waals surface area contributed by atoms with Gasteiger partial charge >= 0.3 is 0 Å². The zero-order chi connectivity index (χ0) is 33.6. The van der Waals surface area contributed by atoms with Gasteiger partial charge in [0.25, 0.3) is 12.4 Å². The second kappa shape index (κ2) is 15.3. The fourth-order valence-electron chi connectivity index (χ4n) is 5.68. The van der Waals surface area contributed by atoms with E-state index in [0.29, 0.717) is 36.5 Å². The summed E-state index contributed by atoms with van der Waals surface area (Å²) >= 11 is 1.44. The summed E-state index contributed by atoms with van der Waals surface area (Å²) in [6.45, 7) is 12.8. The number of fused-ring (bicyclic) bond motifs is 6. The average molecular weight is 670 g/mol. The number of rotatable bonds is 9. The van der Waals surface area contributed by atoms with Crippen LogP contribution in [0.5, 0.6) is 5.75 Å². The minimum atomic E-state index is -0.605. The third-order valence-electron chi connectivity index (χ3n) is 7.49. The lowest BCUT2D eigenvalue weighted by molar-refractivity contribution is -0.145. The van der Waals surface area contributed by atoms with Gasteiger partial charge in [-0.2, -0.15) is 0 Å². The quantitative estimate of drug-likeness (QED) is 0.164. The van der Waals surface area contributed by atoms with E-state index in [0.717, 1.165) is 35.2 Å². The molecule has 0 bridgehead atoms. The molecule has 3 unspecified atom stereocenters. The van der Waals surface area contributed by atoms with Crippen molar-refractivity contribution >= 4 is 55.6 Å². The number of aromatic amines is 1. The Morgan fingerprint density at radius 3 is 2.61 bits per heavy atom. The number of aromatic nitrogens is 1. The molecule has 0 saturated carbocycles. The fraction of sp³-hybridized carbons (Fsp3) is 0.412. The number of β-lactam (4-membered cyclic amide) rings is 1. The smallest absolute Gasteiger partial charge is 0.293 e. The van der Waals surface area contributed by atoms with Crippen molar-refractivity contribution in [3.63, 3.8) is 0 Å². The monoisotopic (exact) mass is 669 g/mol. The summed E-state index contributed by atoms with van der Waals surface area (Å²) in [4.78, 5) is 50.9. The molecule has 1 aromatic heterocycles. The summed E-state index contributed by atoms with van der Waals surface area (Å²) in [6, 6.07) is 10.6. The molecule has 12 heteroatoms. The van der Waals surface area contributed by atoms with Gasteiger partial charge < -0.3 is 19.8 Å². The highest BCUT2D eigenvalue weighted by molar-refractivity contribution is 8.00. The normalized spacial score (nSPS) is 18.2. The number of allylic oxidation sites excluding steroid dienone is 1. The van der Waals surface area contributed by atoms with Gasteiger partial charge in [-0.15, -0.1) is 11.8 Å². The van der Waals surface area contributed by atoms with Gasteiger partial charge in [-0.25, -0.2) is 4.39 Å². The number of carbonyl (C=O) groups is 4. The molecule has 3 heterocycles. The number of hydrogen-bond acceptors (Lipinski definition) is 7. The molecule has 2 aromatic carbocycles. The average Bonchev–Trinajstić information content (AvgIpc) is 3.40. The first kappa shape index (κ1) is 35.2. The number of carbonyl (C=O) groups excluding carboxylic acids is 4. The number of amides is 2. The highest BCUT2D eigenvalue weighted by Gasteiger charge is 2.53. The van der Waals surface area contributed by atoms with Crippen LogP contribution in [-0.2, 0) is 36.8 Å². The lowest BCUT2D eigenvalue weighted by atomic mass is 9.89. The lowest BCUT2D eigenvalue weighted by Gasteiger charge is -2.49. The Hall–Kier alpha value is -3.69. The molecular weight excluding hydrogens is 628 g/mol. The molecule has 1 fully saturated rings. The Morgan fingerprint density at radius 1 is 1.17 bits per heavy atom. The van der Waals surface area contributed by atoms with E-state index < -0.39 is 6.04 Å². The summed E-state index contributed by atoms with van der Waals surface area (Å²) in [5.41, 5.74) is 6.70. The zero-order valence-corrected chi connectivity index (χ0v) is 28.8. The number of aryl methyl sites for hydroxylation is 2. The van der Waals surface area contributed by atoms with Crippen molar-refractivity contribution in [2.75, 3.05) is 19.0 Å². The number of thioether (sulfide) groups is 1. The van der Waals surface area contributed by atoms with Gasteiger partial charge in [0.15, 0.2) is 5.52 Å². The van der Waals surface area contributed by atoms with Crippen LogP contribution in [0.15, 0.2) is 47.7 Å². The standard InChI is InChI=1S/C18H16FNO.C14H19N2O5PS.C2H6/c1-2-21-13-5-7-14-11(9-13)3-6-15-16-10-12(19)4-8-17(16)20-18(14)15;1-14(2,3)22-13(20)10-8(4-21-7-18)5-23-12-9(15-6-17)11(19)16(10)12;1-2/h4-5,7-10,20H,2-3,6H2,1H3;6-7,9,12,22H,4-5H2,1-3H3,(H,15,17);1-2H3. The van der Waals surface area contributed by atoms with E-state index in [-0.39, 0.29) is 43.0 Å². The molecule has 6 rings (SSSR count). The number of benzene rings is 2. The molecule has 2 aliphatic heterocycles. The van der Waals surface area contributed by atoms with Crippen LogP contribution in [0.2, 0.25) is 0 Å². The van der Waals surface area contributed by atoms with Crippen LogP contribution in [0.4, 0.5) is 4.39 Å². The number of nitrogens with zero attached hydrogens (tertiary/aromatic N) is 1. The summed E-state index contributed by atoms with van der Waals surface area (Å²) < 4.78 is 23.9. The largest absolute Gasteiger partial charge is 0.494 e. The van der Waals surface area contributed by atoms with Crippen molar-refractivity contribution < 1.29 is 33.0 Å². The molecule has 3 atom stereocenters. The number of nitrogens with one attached hydrogen (secondary N) is 2. The van der Waals surface area contributed by atoms with Gasteiger partial charge in [0, 0.05) is 33.5 Å². The first-order valence-corrected chi connectivity index (χ1v) is 17.4.